The largest absolute Gasteiger partial charge is 0.495 e. The Morgan fingerprint density at radius 2 is 1.73 bits per heavy atom. The van der Waals surface area contributed by atoms with Crippen LogP contribution >= 0.6 is 11.3 Å². The summed E-state index contributed by atoms with van der Waals surface area (Å²) in [5.74, 6) is 1.63. The van der Waals surface area contributed by atoms with E-state index in [9.17, 15) is 0 Å². The zero-order valence-electron chi connectivity index (χ0n) is 17.8. The second kappa shape index (κ2) is 10.6. The number of hydrogen-bond acceptors (Lipinski definition) is 6. The summed E-state index contributed by atoms with van der Waals surface area (Å²) in [5.41, 5.74) is 4.06. The van der Waals surface area contributed by atoms with Crippen molar-refractivity contribution < 1.29 is 9.47 Å². The molecule has 6 heteroatoms. The first-order valence-electron chi connectivity index (χ1n) is 10.1. The molecule has 0 radical (unpaired) electrons. The Morgan fingerprint density at radius 3 is 2.47 bits per heavy atom. The van der Waals surface area contributed by atoms with E-state index in [1.54, 1.807) is 24.6 Å². The van der Waals surface area contributed by atoms with Crippen molar-refractivity contribution in [2.24, 2.45) is 0 Å². The first-order chi connectivity index (χ1) is 14.7. The van der Waals surface area contributed by atoms with Crippen molar-refractivity contribution in [2.75, 3.05) is 19.0 Å². The van der Waals surface area contributed by atoms with Crippen LogP contribution in [0.15, 0.2) is 60.9 Å². The summed E-state index contributed by atoms with van der Waals surface area (Å²) in [6.45, 7) is 6.83. The molecule has 0 saturated heterocycles. The minimum absolute atomic E-state index is 0.732. The van der Waals surface area contributed by atoms with Crippen LogP contribution in [0.5, 0.6) is 11.5 Å². The number of hydrogen-bond donors (Lipinski definition) is 1. The molecule has 0 aliphatic heterocycles. The summed E-state index contributed by atoms with van der Waals surface area (Å²) in [5, 5.41) is 4.23. The third-order valence-corrected chi connectivity index (χ3v) is 5.18. The maximum absolute atomic E-state index is 5.63. The van der Waals surface area contributed by atoms with Gasteiger partial charge in [-0.1, -0.05) is 38.2 Å². The predicted octanol–water partition coefficient (Wildman–Crippen LogP) is 6.93. The molecule has 0 aliphatic rings. The molecule has 0 saturated carbocycles. The van der Waals surface area contributed by atoms with Gasteiger partial charge in [-0.15, -0.1) is 0 Å². The van der Waals surface area contributed by atoms with Gasteiger partial charge in [0, 0.05) is 17.4 Å². The number of anilines is 2. The van der Waals surface area contributed by atoms with E-state index in [2.05, 4.69) is 34.3 Å². The fraction of sp³-hybridized carbons (Fsp3) is 0.250. The minimum atomic E-state index is 0.732. The SMILES string of the molecule is CC.CCCOc1ccc(Nc2nc3ccc(-c4cncc(OC)c4)cc3s2)cc1. The standard InChI is InChI=1S/C22H21N3O2S.C2H6/c1-3-10-27-18-7-5-17(6-8-18)24-22-25-20-9-4-15(12-21(20)28-22)16-11-19(26-2)14-23-13-16;1-2/h4-9,11-14H,3,10H2,1-2H3,(H,24,25);1-2H3. The fourth-order valence-corrected chi connectivity index (χ4v) is 3.75. The van der Waals surface area contributed by atoms with E-state index in [1.165, 1.54) is 0 Å². The van der Waals surface area contributed by atoms with Crippen molar-refractivity contribution in [3.8, 4) is 22.6 Å². The third kappa shape index (κ3) is 5.27. The second-order valence-corrected chi connectivity index (χ2v) is 7.34. The van der Waals surface area contributed by atoms with Crippen molar-refractivity contribution in [2.45, 2.75) is 27.2 Å². The van der Waals surface area contributed by atoms with Crippen LogP contribution in [0, 0.1) is 0 Å². The molecule has 0 amide bonds. The third-order valence-electron chi connectivity index (χ3n) is 4.25. The number of nitrogens with one attached hydrogen (secondary N) is 1. The molecule has 0 spiro atoms. The van der Waals surface area contributed by atoms with Crippen LogP contribution in [0.3, 0.4) is 0 Å². The molecule has 1 N–H and O–H groups in total. The molecule has 5 nitrogen and oxygen atoms in total. The summed E-state index contributed by atoms with van der Waals surface area (Å²) >= 11 is 1.62. The summed E-state index contributed by atoms with van der Waals surface area (Å²) in [6, 6.07) is 16.2. The van der Waals surface area contributed by atoms with Gasteiger partial charge in [0.05, 0.1) is 30.1 Å². The monoisotopic (exact) mass is 421 g/mol. The van der Waals surface area contributed by atoms with Crippen molar-refractivity contribution >= 4 is 32.4 Å². The van der Waals surface area contributed by atoms with Crippen LogP contribution in [0.1, 0.15) is 27.2 Å². The minimum Gasteiger partial charge on any atom is -0.495 e. The van der Waals surface area contributed by atoms with Crippen LogP contribution in [-0.2, 0) is 0 Å². The lowest BCUT2D eigenvalue weighted by Gasteiger charge is -2.06. The maximum Gasteiger partial charge on any atom is 0.188 e. The van der Waals surface area contributed by atoms with Gasteiger partial charge in [0.15, 0.2) is 5.13 Å². The van der Waals surface area contributed by atoms with Gasteiger partial charge in [-0.25, -0.2) is 4.98 Å². The quantitative estimate of drug-likeness (QED) is 0.351. The average Bonchev–Trinajstić information content (AvgIpc) is 3.21. The molecule has 2 heterocycles. The molecule has 156 valence electrons. The molecule has 0 aliphatic carbocycles. The lowest BCUT2D eigenvalue weighted by Crippen LogP contribution is -1.95. The number of benzene rings is 2. The Morgan fingerprint density at radius 1 is 0.933 bits per heavy atom. The van der Waals surface area contributed by atoms with E-state index in [4.69, 9.17) is 9.47 Å². The van der Waals surface area contributed by atoms with E-state index < -0.39 is 0 Å². The number of ether oxygens (including phenoxy) is 2. The smallest absolute Gasteiger partial charge is 0.188 e. The maximum atomic E-state index is 5.63. The van der Waals surface area contributed by atoms with Gasteiger partial charge in [-0.05, 0) is 54.4 Å². The zero-order chi connectivity index (χ0) is 21.3. The van der Waals surface area contributed by atoms with Gasteiger partial charge in [0.1, 0.15) is 11.5 Å². The van der Waals surface area contributed by atoms with Gasteiger partial charge in [-0.2, -0.15) is 0 Å². The summed E-state index contributed by atoms with van der Waals surface area (Å²) < 4.78 is 12.0. The van der Waals surface area contributed by atoms with E-state index in [-0.39, 0.29) is 0 Å². The Balaban J connectivity index is 0.00000124. The van der Waals surface area contributed by atoms with E-state index in [0.29, 0.717) is 0 Å². The zero-order valence-corrected chi connectivity index (χ0v) is 18.6. The number of rotatable bonds is 7. The van der Waals surface area contributed by atoms with Crippen LogP contribution in [0.25, 0.3) is 21.3 Å². The molecule has 0 unspecified atom stereocenters. The molecule has 4 rings (SSSR count). The Labute approximate surface area is 181 Å². The van der Waals surface area contributed by atoms with Crippen LogP contribution < -0.4 is 14.8 Å². The average molecular weight is 422 g/mol. The highest BCUT2D eigenvalue weighted by Gasteiger charge is 2.08. The lowest BCUT2D eigenvalue weighted by molar-refractivity contribution is 0.317. The molecule has 30 heavy (non-hydrogen) atoms. The lowest BCUT2D eigenvalue weighted by atomic mass is 10.1. The normalized spacial score (nSPS) is 10.3. The number of thiazole rings is 1. The number of pyridine rings is 1. The van der Waals surface area contributed by atoms with Crippen molar-refractivity contribution in [1.29, 1.82) is 0 Å². The van der Waals surface area contributed by atoms with E-state index in [0.717, 1.165) is 56.7 Å². The molecule has 0 atom stereocenters. The number of nitrogens with zero attached hydrogens (tertiary/aromatic N) is 2. The molecule has 2 aromatic carbocycles. The summed E-state index contributed by atoms with van der Waals surface area (Å²) in [4.78, 5) is 8.92. The van der Waals surface area contributed by atoms with E-state index >= 15 is 0 Å². The Kier molecular flexibility index (Phi) is 7.63. The summed E-state index contributed by atoms with van der Waals surface area (Å²) in [7, 11) is 1.65. The van der Waals surface area contributed by atoms with Crippen molar-refractivity contribution in [1.82, 2.24) is 9.97 Å². The number of aromatic nitrogens is 2. The molecule has 2 aromatic heterocycles. The first-order valence-corrected chi connectivity index (χ1v) is 11.0. The van der Waals surface area contributed by atoms with Crippen molar-refractivity contribution in [3.63, 3.8) is 0 Å². The highest BCUT2D eigenvalue weighted by molar-refractivity contribution is 7.22. The van der Waals surface area contributed by atoms with Gasteiger partial charge in [0.2, 0.25) is 0 Å². The summed E-state index contributed by atoms with van der Waals surface area (Å²) in [6.07, 6.45) is 4.54. The highest BCUT2D eigenvalue weighted by atomic mass is 32.1. The molecular formula is C24H27N3O2S. The Bertz CT molecular complexity index is 1080. The van der Waals surface area contributed by atoms with Crippen LogP contribution in [-0.4, -0.2) is 23.7 Å². The molecule has 0 bridgehead atoms. The van der Waals surface area contributed by atoms with Crippen molar-refractivity contribution in [3.05, 3.63) is 60.9 Å². The van der Waals surface area contributed by atoms with Crippen LogP contribution in [0.4, 0.5) is 10.8 Å². The fourth-order valence-electron chi connectivity index (χ4n) is 2.82. The first kappa shape index (κ1) is 21.6. The number of methoxy groups -OCH3 is 1. The second-order valence-electron chi connectivity index (χ2n) is 6.31. The van der Waals surface area contributed by atoms with E-state index in [1.807, 2.05) is 56.4 Å². The Hall–Kier alpha value is -3.12. The topological polar surface area (TPSA) is 56.3 Å². The predicted molar refractivity (Wildman–Crippen MR) is 126 cm³/mol. The molecular weight excluding hydrogens is 394 g/mol. The van der Waals surface area contributed by atoms with Gasteiger partial charge in [-0.3, -0.25) is 4.98 Å². The van der Waals surface area contributed by atoms with Gasteiger partial charge in [0.25, 0.3) is 0 Å². The van der Waals surface area contributed by atoms with Crippen LogP contribution in [0.2, 0.25) is 0 Å². The number of fused-ring (bicyclic) bond motifs is 1. The van der Waals surface area contributed by atoms with Gasteiger partial charge < -0.3 is 14.8 Å². The highest BCUT2D eigenvalue weighted by Crippen LogP contribution is 2.32. The van der Waals surface area contributed by atoms with Gasteiger partial charge >= 0.3 is 0 Å². The molecule has 4 aromatic rings. The molecule has 0 fully saturated rings.